The second kappa shape index (κ2) is 39.3. The average Bonchev–Trinajstić information content (AvgIpc) is 3.22. The number of hydrogen-bond donors (Lipinski definition) is 6. The van der Waals surface area contributed by atoms with E-state index in [1.54, 1.807) is 6.08 Å². The van der Waals surface area contributed by atoms with Gasteiger partial charge in [-0.05, 0) is 64.2 Å². The van der Waals surface area contributed by atoms with Gasteiger partial charge in [-0.1, -0.05) is 178 Å². The fraction of sp³-hybridized carbons (Fsp3) is 0.816. The number of unbranched alkanes of at least 4 members (excludes halogenated alkanes) is 23. The summed E-state index contributed by atoms with van der Waals surface area (Å²) >= 11 is 0. The van der Waals surface area contributed by atoms with Crippen molar-refractivity contribution in [1.82, 2.24) is 5.32 Å². The highest BCUT2D eigenvalue weighted by molar-refractivity contribution is 5.76. The molecule has 338 valence electrons. The molecule has 1 fully saturated rings. The Morgan fingerprint density at radius 2 is 1.00 bits per heavy atom. The maximum atomic E-state index is 12.9. The maximum absolute atomic E-state index is 12.9. The lowest BCUT2D eigenvalue weighted by molar-refractivity contribution is -0.302. The van der Waals surface area contributed by atoms with Gasteiger partial charge in [0.1, 0.15) is 24.4 Å². The highest BCUT2D eigenvalue weighted by Gasteiger charge is 2.44. The molecular formula is C49H89NO8. The van der Waals surface area contributed by atoms with Gasteiger partial charge < -0.3 is 40.3 Å². The van der Waals surface area contributed by atoms with Crippen molar-refractivity contribution in [1.29, 1.82) is 0 Å². The minimum Gasteiger partial charge on any atom is -0.394 e. The molecule has 1 rings (SSSR count). The van der Waals surface area contributed by atoms with Gasteiger partial charge in [-0.3, -0.25) is 4.79 Å². The Balaban J connectivity index is 2.31. The number of allylic oxidation sites excluding steroid dienone is 7. The van der Waals surface area contributed by atoms with Crippen LogP contribution in [0.15, 0.2) is 48.6 Å². The van der Waals surface area contributed by atoms with Crippen LogP contribution in [0.4, 0.5) is 0 Å². The Kier molecular flexibility index (Phi) is 36.7. The van der Waals surface area contributed by atoms with Crippen molar-refractivity contribution >= 4 is 5.91 Å². The van der Waals surface area contributed by atoms with E-state index >= 15 is 0 Å². The van der Waals surface area contributed by atoms with E-state index in [0.717, 1.165) is 64.2 Å². The van der Waals surface area contributed by atoms with Crippen molar-refractivity contribution in [2.24, 2.45) is 0 Å². The largest absolute Gasteiger partial charge is 0.394 e. The summed E-state index contributed by atoms with van der Waals surface area (Å²) in [5.41, 5.74) is 0. The summed E-state index contributed by atoms with van der Waals surface area (Å²) in [5.74, 6) is -0.207. The molecule has 58 heavy (non-hydrogen) atoms. The number of carbonyl (C=O) groups is 1. The van der Waals surface area contributed by atoms with E-state index in [9.17, 15) is 30.3 Å². The minimum absolute atomic E-state index is 0.207. The highest BCUT2D eigenvalue weighted by atomic mass is 16.7. The van der Waals surface area contributed by atoms with Crippen LogP contribution in [0.3, 0.4) is 0 Å². The van der Waals surface area contributed by atoms with Crippen molar-refractivity contribution in [2.45, 2.75) is 243 Å². The first-order valence-corrected chi connectivity index (χ1v) is 23.9. The summed E-state index contributed by atoms with van der Waals surface area (Å²) in [6, 6.07) is -0.832. The first kappa shape index (κ1) is 54.2. The summed E-state index contributed by atoms with van der Waals surface area (Å²) in [6.07, 6.45) is 43.2. The minimum atomic E-state index is -1.58. The molecule has 0 bridgehead atoms. The van der Waals surface area contributed by atoms with Crippen molar-refractivity contribution in [2.75, 3.05) is 13.2 Å². The van der Waals surface area contributed by atoms with Crippen LogP contribution in [-0.4, -0.2) is 87.5 Å². The maximum Gasteiger partial charge on any atom is 0.220 e. The predicted molar refractivity (Wildman–Crippen MR) is 239 cm³/mol. The second-order valence-corrected chi connectivity index (χ2v) is 16.5. The molecule has 1 saturated heterocycles. The van der Waals surface area contributed by atoms with Crippen molar-refractivity contribution in [3.8, 4) is 0 Å². The third-order valence-electron chi connectivity index (χ3n) is 11.1. The third kappa shape index (κ3) is 29.4. The van der Waals surface area contributed by atoms with E-state index in [0.29, 0.717) is 6.42 Å². The molecule has 1 heterocycles. The fourth-order valence-corrected chi connectivity index (χ4v) is 7.23. The number of carbonyl (C=O) groups excluding carboxylic acids is 1. The van der Waals surface area contributed by atoms with Crippen LogP contribution in [-0.2, 0) is 14.3 Å². The molecule has 0 radical (unpaired) electrons. The van der Waals surface area contributed by atoms with Gasteiger partial charge in [-0.2, -0.15) is 0 Å². The van der Waals surface area contributed by atoms with Crippen LogP contribution in [0, 0.1) is 0 Å². The van der Waals surface area contributed by atoms with Gasteiger partial charge in [0.05, 0.1) is 25.4 Å². The molecule has 0 spiro atoms. The zero-order chi connectivity index (χ0) is 42.3. The van der Waals surface area contributed by atoms with Crippen LogP contribution in [0.1, 0.15) is 200 Å². The molecular weight excluding hydrogens is 731 g/mol. The number of hydrogen-bond acceptors (Lipinski definition) is 8. The lowest BCUT2D eigenvalue weighted by Crippen LogP contribution is -2.60. The Labute approximate surface area is 354 Å². The van der Waals surface area contributed by atoms with Crippen LogP contribution >= 0.6 is 0 Å². The summed E-state index contributed by atoms with van der Waals surface area (Å²) in [6.45, 7) is 3.69. The molecule has 9 nitrogen and oxygen atoms in total. The fourth-order valence-electron chi connectivity index (χ4n) is 7.23. The van der Waals surface area contributed by atoms with Gasteiger partial charge in [-0.25, -0.2) is 0 Å². The van der Waals surface area contributed by atoms with E-state index in [1.165, 1.54) is 116 Å². The highest BCUT2D eigenvalue weighted by Crippen LogP contribution is 2.22. The standard InChI is InChI=1S/C49H89NO8/c1-3-5-7-9-11-13-15-16-17-18-19-20-21-22-23-24-25-26-27-28-29-30-32-34-36-38-43(52)42(41-57-49-48(56)47(55)46(54)44(40-51)58-49)50-45(53)39-37-35-33-31-14-12-10-8-6-4-2/h10,12,25-26,29-30,36,38,42-44,46-49,51-52,54-56H,3-9,11,13-24,27-28,31-35,37,39-41H2,1-2H3,(H,50,53)/b12-10-,26-25+,30-29+,38-36+. The number of nitrogens with one attached hydrogen (secondary N) is 1. The smallest absolute Gasteiger partial charge is 0.220 e. The van der Waals surface area contributed by atoms with Crippen LogP contribution in [0.5, 0.6) is 0 Å². The lowest BCUT2D eigenvalue weighted by Gasteiger charge is -2.40. The van der Waals surface area contributed by atoms with Gasteiger partial charge in [-0.15, -0.1) is 0 Å². The van der Waals surface area contributed by atoms with E-state index in [1.807, 2.05) is 6.08 Å². The summed E-state index contributed by atoms with van der Waals surface area (Å²) < 4.78 is 11.2. The molecule has 1 aliphatic heterocycles. The zero-order valence-corrected chi connectivity index (χ0v) is 37.0. The van der Waals surface area contributed by atoms with E-state index < -0.39 is 49.5 Å². The first-order valence-electron chi connectivity index (χ1n) is 23.9. The molecule has 7 unspecified atom stereocenters. The van der Waals surface area contributed by atoms with Gasteiger partial charge >= 0.3 is 0 Å². The summed E-state index contributed by atoms with van der Waals surface area (Å²) in [4.78, 5) is 12.9. The van der Waals surface area contributed by atoms with Crippen molar-refractivity contribution in [3.63, 3.8) is 0 Å². The third-order valence-corrected chi connectivity index (χ3v) is 11.1. The lowest BCUT2D eigenvalue weighted by atomic mass is 9.99. The second-order valence-electron chi connectivity index (χ2n) is 16.5. The average molecular weight is 820 g/mol. The Hall–Kier alpha value is -1.85. The number of aliphatic hydroxyl groups is 5. The number of aliphatic hydroxyl groups excluding tert-OH is 5. The molecule has 9 heteroatoms. The van der Waals surface area contributed by atoms with Crippen molar-refractivity contribution < 1.29 is 39.8 Å². The zero-order valence-electron chi connectivity index (χ0n) is 37.0. The molecule has 1 aliphatic rings. The number of ether oxygens (including phenoxy) is 2. The van der Waals surface area contributed by atoms with Gasteiger partial charge in [0.15, 0.2) is 6.29 Å². The molecule has 7 atom stereocenters. The Morgan fingerprint density at radius 3 is 1.50 bits per heavy atom. The predicted octanol–water partition coefficient (Wildman–Crippen LogP) is 10.2. The number of amides is 1. The topological polar surface area (TPSA) is 149 Å². The molecule has 0 aromatic rings. The molecule has 0 aromatic carbocycles. The molecule has 1 amide bonds. The quantitative estimate of drug-likeness (QED) is 0.0265. The van der Waals surface area contributed by atoms with Gasteiger partial charge in [0.2, 0.25) is 5.91 Å². The first-order chi connectivity index (χ1) is 28.3. The molecule has 0 saturated carbocycles. The molecule has 0 aliphatic carbocycles. The number of rotatable bonds is 39. The normalized spacial score (nSPS) is 21.3. The van der Waals surface area contributed by atoms with E-state index in [-0.39, 0.29) is 12.5 Å². The summed E-state index contributed by atoms with van der Waals surface area (Å²) in [5, 5.41) is 54.1. The SMILES string of the molecule is CCCC/C=C\CCCCCCC(=O)NC(COC1OC(CO)C(O)C(O)C1O)C(O)/C=C/CC/C=C/CC/C=C/CCCCCCCCCCCCCCCCC. The van der Waals surface area contributed by atoms with E-state index in [4.69, 9.17) is 9.47 Å². The molecule has 6 N–H and O–H groups in total. The van der Waals surface area contributed by atoms with Crippen LogP contribution in [0.2, 0.25) is 0 Å². The van der Waals surface area contributed by atoms with Gasteiger partial charge in [0.25, 0.3) is 0 Å². The Bertz CT molecular complexity index is 1050. The van der Waals surface area contributed by atoms with Gasteiger partial charge in [0, 0.05) is 6.42 Å². The Morgan fingerprint density at radius 1 is 0.569 bits per heavy atom. The van der Waals surface area contributed by atoms with Crippen LogP contribution < -0.4 is 5.32 Å². The van der Waals surface area contributed by atoms with Crippen molar-refractivity contribution in [3.05, 3.63) is 48.6 Å². The molecule has 0 aromatic heterocycles. The summed E-state index contributed by atoms with van der Waals surface area (Å²) in [7, 11) is 0. The monoisotopic (exact) mass is 820 g/mol. The van der Waals surface area contributed by atoms with E-state index in [2.05, 4.69) is 55.6 Å². The van der Waals surface area contributed by atoms with Crippen LogP contribution in [0.25, 0.3) is 0 Å².